The van der Waals surface area contributed by atoms with Gasteiger partial charge in [-0.15, -0.1) is 0 Å². The van der Waals surface area contributed by atoms with Gasteiger partial charge in [0.25, 0.3) is 5.91 Å². The van der Waals surface area contributed by atoms with Crippen molar-refractivity contribution in [1.82, 2.24) is 4.72 Å². The van der Waals surface area contributed by atoms with Crippen LogP contribution in [0.1, 0.15) is 15.9 Å². The van der Waals surface area contributed by atoms with Crippen molar-refractivity contribution in [1.29, 1.82) is 0 Å². The van der Waals surface area contributed by atoms with Crippen LogP contribution in [0.15, 0.2) is 47.4 Å². The molecular formula is C18H20N2O6S. The van der Waals surface area contributed by atoms with E-state index in [-0.39, 0.29) is 10.5 Å². The van der Waals surface area contributed by atoms with Crippen LogP contribution in [0, 0.1) is 6.92 Å². The van der Waals surface area contributed by atoms with E-state index in [0.29, 0.717) is 11.4 Å². The van der Waals surface area contributed by atoms with Gasteiger partial charge in [0.05, 0.1) is 23.3 Å². The summed E-state index contributed by atoms with van der Waals surface area (Å²) in [6, 6.07) is 10.5. The maximum Gasteiger partial charge on any atom is 0.338 e. The summed E-state index contributed by atoms with van der Waals surface area (Å²) in [6.07, 6.45) is 0. The van der Waals surface area contributed by atoms with Gasteiger partial charge in [-0.1, -0.05) is 6.07 Å². The van der Waals surface area contributed by atoms with Crippen LogP contribution in [-0.2, 0) is 19.6 Å². The zero-order valence-electron chi connectivity index (χ0n) is 15.1. The Morgan fingerprint density at radius 2 is 1.74 bits per heavy atom. The monoisotopic (exact) mass is 392 g/mol. The Morgan fingerprint density at radius 3 is 2.33 bits per heavy atom. The van der Waals surface area contributed by atoms with Crippen molar-refractivity contribution in [2.24, 2.45) is 0 Å². The van der Waals surface area contributed by atoms with Gasteiger partial charge >= 0.3 is 5.97 Å². The highest BCUT2D eigenvalue weighted by atomic mass is 32.2. The van der Waals surface area contributed by atoms with Crippen LogP contribution >= 0.6 is 0 Å². The van der Waals surface area contributed by atoms with Gasteiger partial charge in [-0.25, -0.2) is 17.9 Å². The Morgan fingerprint density at radius 1 is 1.07 bits per heavy atom. The number of nitrogens with one attached hydrogen (secondary N) is 2. The number of rotatable bonds is 7. The van der Waals surface area contributed by atoms with Gasteiger partial charge in [0.2, 0.25) is 10.0 Å². The van der Waals surface area contributed by atoms with Crippen molar-refractivity contribution in [3.63, 3.8) is 0 Å². The molecule has 2 aromatic rings. The lowest BCUT2D eigenvalue weighted by Gasteiger charge is -2.11. The molecule has 0 radical (unpaired) electrons. The molecule has 0 heterocycles. The van der Waals surface area contributed by atoms with Crippen molar-refractivity contribution >= 4 is 27.6 Å². The summed E-state index contributed by atoms with van der Waals surface area (Å²) in [6.45, 7) is 1.37. The zero-order valence-corrected chi connectivity index (χ0v) is 15.9. The van der Waals surface area contributed by atoms with Crippen LogP contribution in [0.3, 0.4) is 0 Å². The highest BCUT2D eigenvalue weighted by Crippen LogP contribution is 2.25. The van der Waals surface area contributed by atoms with Gasteiger partial charge in [0.1, 0.15) is 5.75 Å². The number of benzene rings is 2. The van der Waals surface area contributed by atoms with Gasteiger partial charge in [0.15, 0.2) is 6.61 Å². The number of carbonyl (C=O) groups is 2. The van der Waals surface area contributed by atoms with Gasteiger partial charge in [0, 0.05) is 0 Å². The Labute approximate surface area is 157 Å². The summed E-state index contributed by atoms with van der Waals surface area (Å²) in [5.74, 6) is -0.780. The van der Waals surface area contributed by atoms with E-state index in [0.717, 1.165) is 5.56 Å². The van der Waals surface area contributed by atoms with Gasteiger partial charge in [-0.3, -0.25) is 4.79 Å². The standard InChI is InChI=1S/C18H20N2O6S/c1-12-4-9-16(25-3)15(10-12)20-17(21)11-26-18(22)13-5-7-14(8-6-13)27(23,24)19-2/h4-10,19H,11H2,1-3H3,(H,20,21). The third-order valence-corrected chi connectivity index (χ3v) is 5.06. The van der Waals surface area contributed by atoms with E-state index in [9.17, 15) is 18.0 Å². The fourth-order valence-corrected chi connectivity index (χ4v) is 2.94. The summed E-state index contributed by atoms with van der Waals surface area (Å²) < 4.78 is 35.6. The number of esters is 1. The van der Waals surface area contributed by atoms with Crippen LogP contribution in [-0.4, -0.2) is 41.1 Å². The second-order valence-electron chi connectivity index (χ2n) is 5.56. The molecule has 0 saturated heterocycles. The van der Waals surface area contributed by atoms with Crippen molar-refractivity contribution in [2.75, 3.05) is 26.1 Å². The molecule has 0 aromatic heterocycles. The quantitative estimate of drug-likeness (QED) is 0.694. The summed E-state index contributed by atoms with van der Waals surface area (Å²) in [5.41, 5.74) is 1.53. The number of hydrogen-bond acceptors (Lipinski definition) is 6. The number of anilines is 1. The SMILES string of the molecule is CNS(=O)(=O)c1ccc(C(=O)OCC(=O)Nc2cc(C)ccc2OC)cc1. The molecule has 0 bridgehead atoms. The molecular weight excluding hydrogens is 372 g/mol. The lowest BCUT2D eigenvalue weighted by atomic mass is 10.2. The van der Waals surface area contributed by atoms with E-state index in [1.165, 1.54) is 38.4 Å². The number of carbonyl (C=O) groups excluding carboxylic acids is 2. The Kier molecular flexibility index (Phi) is 6.54. The number of ether oxygens (including phenoxy) is 2. The molecule has 0 saturated carbocycles. The van der Waals surface area contributed by atoms with Crippen molar-refractivity contribution < 1.29 is 27.5 Å². The molecule has 2 rings (SSSR count). The van der Waals surface area contributed by atoms with Gasteiger partial charge in [-0.05, 0) is 55.9 Å². The predicted molar refractivity (Wildman–Crippen MR) is 99.3 cm³/mol. The Hall–Kier alpha value is -2.91. The van der Waals surface area contributed by atoms with Crippen LogP contribution < -0.4 is 14.8 Å². The summed E-state index contributed by atoms with van der Waals surface area (Å²) in [7, 11) is -0.814. The molecule has 0 aliphatic heterocycles. The zero-order chi connectivity index (χ0) is 20.0. The Bertz CT molecular complexity index is 939. The lowest BCUT2D eigenvalue weighted by Crippen LogP contribution is -2.21. The van der Waals surface area contributed by atoms with E-state index in [2.05, 4.69) is 10.0 Å². The molecule has 8 nitrogen and oxygen atoms in total. The first-order valence-electron chi connectivity index (χ1n) is 7.92. The first-order chi connectivity index (χ1) is 12.8. The van der Waals surface area contributed by atoms with Gasteiger partial charge in [-0.2, -0.15) is 0 Å². The molecule has 0 aliphatic carbocycles. The Balaban J connectivity index is 1.97. The second-order valence-corrected chi connectivity index (χ2v) is 7.45. The van der Waals surface area contributed by atoms with E-state index in [1.807, 2.05) is 13.0 Å². The van der Waals surface area contributed by atoms with E-state index in [4.69, 9.17) is 9.47 Å². The minimum atomic E-state index is -3.59. The first-order valence-corrected chi connectivity index (χ1v) is 9.40. The molecule has 0 fully saturated rings. The average molecular weight is 392 g/mol. The molecule has 27 heavy (non-hydrogen) atoms. The largest absolute Gasteiger partial charge is 0.495 e. The fourth-order valence-electron chi connectivity index (χ4n) is 2.21. The predicted octanol–water partition coefficient (Wildman–Crippen LogP) is 1.71. The minimum absolute atomic E-state index is 0.0193. The molecule has 144 valence electrons. The van der Waals surface area contributed by atoms with E-state index in [1.54, 1.807) is 12.1 Å². The van der Waals surface area contributed by atoms with Crippen molar-refractivity contribution in [3.8, 4) is 5.75 Å². The van der Waals surface area contributed by atoms with Crippen LogP contribution in [0.2, 0.25) is 0 Å². The highest BCUT2D eigenvalue weighted by Gasteiger charge is 2.15. The van der Waals surface area contributed by atoms with Crippen molar-refractivity contribution in [3.05, 3.63) is 53.6 Å². The number of amides is 1. The molecule has 0 unspecified atom stereocenters. The number of sulfonamides is 1. The van der Waals surface area contributed by atoms with Crippen LogP contribution in [0.25, 0.3) is 0 Å². The summed E-state index contributed by atoms with van der Waals surface area (Å²) in [4.78, 5) is 24.1. The average Bonchev–Trinajstić information content (AvgIpc) is 2.66. The molecule has 0 aliphatic rings. The van der Waals surface area contributed by atoms with Crippen LogP contribution in [0.5, 0.6) is 5.75 Å². The third-order valence-electron chi connectivity index (χ3n) is 3.63. The maximum absolute atomic E-state index is 12.0. The van der Waals surface area contributed by atoms with E-state index < -0.39 is 28.5 Å². The lowest BCUT2D eigenvalue weighted by molar-refractivity contribution is -0.119. The third kappa shape index (κ3) is 5.28. The fraction of sp³-hybridized carbons (Fsp3) is 0.222. The number of hydrogen-bond donors (Lipinski definition) is 2. The maximum atomic E-state index is 12.0. The highest BCUT2D eigenvalue weighted by molar-refractivity contribution is 7.89. The topological polar surface area (TPSA) is 111 Å². The van der Waals surface area contributed by atoms with Crippen molar-refractivity contribution in [2.45, 2.75) is 11.8 Å². The second kappa shape index (κ2) is 8.65. The summed E-state index contributed by atoms with van der Waals surface area (Å²) in [5, 5.41) is 2.62. The molecule has 2 N–H and O–H groups in total. The minimum Gasteiger partial charge on any atom is -0.495 e. The smallest absolute Gasteiger partial charge is 0.338 e. The van der Waals surface area contributed by atoms with E-state index >= 15 is 0 Å². The molecule has 0 spiro atoms. The summed E-state index contributed by atoms with van der Waals surface area (Å²) >= 11 is 0. The number of aryl methyl sites for hydroxylation is 1. The first kappa shape index (κ1) is 20.4. The molecule has 1 amide bonds. The molecule has 2 aromatic carbocycles. The normalized spacial score (nSPS) is 10.9. The van der Waals surface area contributed by atoms with Crippen LogP contribution in [0.4, 0.5) is 5.69 Å². The molecule has 9 heteroatoms. The van der Waals surface area contributed by atoms with Gasteiger partial charge < -0.3 is 14.8 Å². The number of methoxy groups -OCH3 is 1. The molecule has 0 atom stereocenters.